The van der Waals surface area contributed by atoms with E-state index in [0.29, 0.717) is 11.5 Å². The van der Waals surface area contributed by atoms with Gasteiger partial charge in [0.05, 0.1) is 6.04 Å². The van der Waals surface area contributed by atoms with E-state index in [2.05, 4.69) is 15.0 Å². The largest absolute Gasteiger partial charge is 0.345 e. The summed E-state index contributed by atoms with van der Waals surface area (Å²) in [4.78, 5) is 20.3. The summed E-state index contributed by atoms with van der Waals surface area (Å²) < 4.78 is 5.11. The number of likely N-dealkylation sites (tertiary alicyclic amines) is 1. The molecule has 1 atom stereocenters. The molecule has 0 radical (unpaired) electrons. The van der Waals surface area contributed by atoms with Gasteiger partial charge in [-0.3, -0.25) is 9.69 Å². The maximum Gasteiger partial charge on any atom is 0.253 e. The quantitative estimate of drug-likeness (QED) is 0.867. The Kier molecular flexibility index (Phi) is 4.43. The molecule has 1 aromatic carbocycles. The molecule has 0 N–H and O–H groups in total. The van der Waals surface area contributed by atoms with Crippen LogP contribution in [0.2, 0.25) is 0 Å². The molecular formula is C17H22N4O2. The molecule has 1 aromatic heterocycles. The highest BCUT2D eigenvalue weighted by molar-refractivity contribution is 5.93. The van der Waals surface area contributed by atoms with Gasteiger partial charge in [-0.2, -0.15) is 4.98 Å². The fraction of sp³-hybridized carbons (Fsp3) is 0.471. The van der Waals surface area contributed by atoms with E-state index in [1.807, 2.05) is 31.2 Å². The van der Waals surface area contributed by atoms with E-state index < -0.39 is 0 Å². The predicted molar refractivity (Wildman–Crippen MR) is 85.9 cm³/mol. The Hall–Kier alpha value is -2.21. The number of aromatic nitrogens is 2. The van der Waals surface area contributed by atoms with Crippen molar-refractivity contribution in [3.63, 3.8) is 0 Å². The van der Waals surface area contributed by atoms with E-state index in [0.717, 1.165) is 31.8 Å². The smallest absolute Gasteiger partial charge is 0.253 e. The predicted octanol–water partition coefficient (Wildman–Crippen LogP) is 2.42. The van der Waals surface area contributed by atoms with Crippen LogP contribution in [0.15, 0.2) is 28.8 Å². The molecule has 2 aromatic rings. The van der Waals surface area contributed by atoms with Crippen LogP contribution in [0, 0.1) is 6.92 Å². The molecule has 23 heavy (non-hydrogen) atoms. The highest BCUT2D eigenvalue weighted by atomic mass is 16.5. The summed E-state index contributed by atoms with van der Waals surface area (Å²) in [5.41, 5.74) is 1.90. The van der Waals surface area contributed by atoms with Crippen LogP contribution in [0.4, 0.5) is 0 Å². The first kappa shape index (κ1) is 15.7. The van der Waals surface area contributed by atoms with Crippen LogP contribution in [0.25, 0.3) is 0 Å². The number of rotatable bonds is 4. The van der Waals surface area contributed by atoms with Gasteiger partial charge in [-0.15, -0.1) is 0 Å². The monoisotopic (exact) mass is 314 g/mol. The number of amides is 1. The lowest BCUT2D eigenvalue weighted by atomic mass is 10.1. The Morgan fingerprint density at radius 2 is 2.09 bits per heavy atom. The van der Waals surface area contributed by atoms with Crippen LogP contribution >= 0.6 is 0 Å². The Morgan fingerprint density at radius 1 is 1.35 bits per heavy atom. The van der Waals surface area contributed by atoms with Gasteiger partial charge in [0, 0.05) is 33.1 Å². The molecule has 1 aliphatic heterocycles. The molecule has 2 heterocycles. The Labute approximate surface area is 136 Å². The molecule has 0 aliphatic carbocycles. The molecule has 1 aliphatic rings. The lowest BCUT2D eigenvalue weighted by molar-refractivity contribution is 0.0827. The third kappa shape index (κ3) is 3.42. The minimum absolute atomic E-state index is 0.0258. The van der Waals surface area contributed by atoms with Gasteiger partial charge >= 0.3 is 0 Å². The fourth-order valence-corrected chi connectivity index (χ4v) is 3.00. The highest BCUT2D eigenvalue weighted by Crippen LogP contribution is 2.31. The van der Waals surface area contributed by atoms with Crippen LogP contribution in [-0.4, -0.2) is 46.5 Å². The highest BCUT2D eigenvalue weighted by Gasteiger charge is 2.29. The first-order chi connectivity index (χ1) is 11.0. The average molecular weight is 314 g/mol. The molecule has 1 amide bonds. The topological polar surface area (TPSA) is 62.5 Å². The fourth-order valence-electron chi connectivity index (χ4n) is 3.00. The van der Waals surface area contributed by atoms with Crippen LogP contribution in [0.3, 0.4) is 0 Å². The second kappa shape index (κ2) is 6.50. The molecule has 0 unspecified atom stereocenters. The third-order valence-corrected chi connectivity index (χ3v) is 4.20. The van der Waals surface area contributed by atoms with Crippen molar-refractivity contribution in [3.8, 4) is 0 Å². The Bertz CT molecular complexity index is 678. The van der Waals surface area contributed by atoms with Crippen LogP contribution < -0.4 is 0 Å². The number of hydrogen-bond donors (Lipinski definition) is 0. The molecule has 6 heteroatoms. The number of benzene rings is 1. The molecule has 1 fully saturated rings. The van der Waals surface area contributed by atoms with E-state index in [1.54, 1.807) is 19.0 Å². The molecule has 3 rings (SSSR count). The van der Waals surface area contributed by atoms with Crippen molar-refractivity contribution in [2.24, 2.45) is 0 Å². The zero-order valence-corrected chi connectivity index (χ0v) is 13.8. The van der Waals surface area contributed by atoms with E-state index >= 15 is 0 Å². The summed E-state index contributed by atoms with van der Waals surface area (Å²) >= 11 is 0. The summed E-state index contributed by atoms with van der Waals surface area (Å²) in [7, 11) is 3.52. The lowest BCUT2D eigenvalue weighted by Gasteiger charge is -2.22. The summed E-state index contributed by atoms with van der Waals surface area (Å²) in [5.74, 6) is 1.41. The van der Waals surface area contributed by atoms with Crippen molar-refractivity contribution in [1.82, 2.24) is 19.9 Å². The normalized spacial score (nSPS) is 18.3. The van der Waals surface area contributed by atoms with E-state index in [4.69, 9.17) is 4.52 Å². The van der Waals surface area contributed by atoms with Crippen molar-refractivity contribution in [2.75, 3.05) is 20.6 Å². The molecule has 0 spiro atoms. The number of carbonyl (C=O) groups excluding carboxylic acids is 1. The first-order valence-corrected chi connectivity index (χ1v) is 7.89. The van der Waals surface area contributed by atoms with E-state index in [1.165, 1.54) is 5.56 Å². The van der Waals surface area contributed by atoms with Crippen molar-refractivity contribution in [1.29, 1.82) is 0 Å². The van der Waals surface area contributed by atoms with Gasteiger partial charge in [0.2, 0.25) is 5.89 Å². The van der Waals surface area contributed by atoms with E-state index in [-0.39, 0.29) is 11.9 Å². The molecule has 122 valence electrons. The Morgan fingerprint density at radius 3 is 2.70 bits per heavy atom. The van der Waals surface area contributed by atoms with Gasteiger partial charge in [0.25, 0.3) is 5.91 Å². The molecule has 0 bridgehead atoms. The van der Waals surface area contributed by atoms with Crippen molar-refractivity contribution in [3.05, 3.63) is 47.1 Å². The molecule has 6 nitrogen and oxygen atoms in total. The Balaban J connectivity index is 1.70. The standard InChI is InChI=1S/C17H22N4O2/c1-12-18-16(19-23-12)15-5-4-10-21(15)11-13-6-8-14(9-7-13)17(22)20(2)3/h6-9,15H,4-5,10-11H2,1-3H3/t15-/m1/s1. The average Bonchev–Trinajstić information content (AvgIpc) is 3.16. The van der Waals surface area contributed by atoms with Gasteiger partial charge in [0.1, 0.15) is 0 Å². The van der Waals surface area contributed by atoms with Crippen molar-refractivity contribution >= 4 is 5.91 Å². The van der Waals surface area contributed by atoms with Crippen LogP contribution in [0.1, 0.15) is 46.5 Å². The number of hydrogen-bond acceptors (Lipinski definition) is 5. The first-order valence-electron chi connectivity index (χ1n) is 7.89. The van der Waals surface area contributed by atoms with Gasteiger partial charge in [-0.1, -0.05) is 17.3 Å². The lowest BCUT2D eigenvalue weighted by Crippen LogP contribution is -2.24. The van der Waals surface area contributed by atoms with Crippen molar-refractivity contribution < 1.29 is 9.32 Å². The maximum atomic E-state index is 11.9. The van der Waals surface area contributed by atoms with E-state index in [9.17, 15) is 4.79 Å². The summed E-state index contributed by atoms with van der Waals surface area (Å²) in [6.07, 6.45) is 2.19. The summed E-state index contributed by atoms with van der Waals surface area (Å²) in [6, 6.07) is 8.04. The molecular weight excluding hydrogens is 292 g/mol. The van der Waals surface area contributed by atoms with Gasteiger partial charge in [-0.05, 0) is 37.1 Å². The summed E-state index contributed by atoms with van der Waals surface area (Å²) in [6.45, 7) is 3.67. The number of carbonyl (C=O) groups is 1. The second-order valence-electron chi connectivity index (χ2n) is 6.20. The van der Waals surface area contributed by atoms with Crippen LogP contribution in [0.5, 0.6) is 0 Å². The summed E-state index contributed by atoms with van der Waals surface area (Å²) in [5, 5.41) is 4.07. The minimum Gasteiger partial charge on any atom is -0.345 e. The second-order valence-corrected chi connectivity index (χ2v) is 6.20. The molecule has 0 saturated carbocycles. The zero-order valence-electron chi connectivity index (χ0n) is 13.8. The van der Waals surface area contributed by atoms with Gasteiger partial charge in [0.15, 0.2) is 5.82 Å². The van der Waals surface area contributed by atoms with Gasteiger partial charge < -0.3 is 9.42 Å². The zero-order chi connectivity index (χ0) is 16.4. The van der Waals surface area contributed by atoms with Gasteiger partial charge in [-0.25, -0.2) is 0 Å². The third-order valence-electron chi connectivity index (χ3n) is 4.20. The van der Waals surface area contributed by atoms with Crippen molar-refractivity contribution in [2.45, 2.75) is 32.4 Å². The number of nitrogens with zero attached hydrogens (tertiary/aromatic N) is 4. The number of aryl methyl sites for hydroxylation is 1. The maximum absolute atomic E-state index is 11.9. The van der Waals surface area contributed by atoms with Crippen LogP contribution in [-0.2, 0) is 6.54 Å². The molecule has 1 saturated heterocycles. The SMILES string of the molecule is Cc1nc([C@H]2CCCN2Cc2ccc(C(=O)N(C)C)cc2)no1. The minimum atomic E-state index is 0.0258.